The van der Waals surface area contributed by atoms with Gasteiger partial charge in [-0.2, -0.15) is 0 Å². The van der Waals surface area contributed by atoms with Crippen LogP contribution in [-0.4, -0.2) is 44.2 Å². The highest BCUT2D eigenvalue weighted by Gasteiger charge is 2.21. The lowest BCUT2D eigenvalue weighted by atomic mass is 9.91. The number of hydrogen-bond donors (Lipinski definition) is 0. The van der Waals surface area contributed by atoms with Crippen molar-refractivity contribution in [2.45, 2.75) is 207 Å². The molecular weight excluding hydrogens is 578 g/mol. The normalized spacial score (nSPS) is 14.9. The molecular formula is C43H83NO3. The third-order valence-electron chi connectivity index (χ3n) is 10.8. The highest BCUT2D eigenvalue weighted by Crippen LogP contribution is 2.27. The lowest BCUT2D eigenvalue weighted by Crippen LogP contribution is -2.31. The van der Waals surface area contributed by atoms with E-state index in [0.717, 1.165) is 50.6 Å². The number of unbranched alkanes of at least 4 members (excludes halogenated alkanes) is 16. The van der Waals surface area contributed by atoms with Crippen LogP contribution in [0.4, 0.5) is 0 Å². The molecule has 1 aliphatic rings. The van der Waals surface area contributed by atoms with Crippen LogP contribution < -0.4 is 0 Å². The first-order chi connectivity index (χ1) is 23.0. The minimum absolute atomic E-state index is 0.0177. The topological polar surface area (TPSA) is 38.8 Å². The van der Waals surface area contributed by atoms with Gasteiger partial charge in [-0.05, 0) is 76.9 Å². The van der Waals surface area contributed by atoms with Gasteiger partial charge in [-0.3, -0.25) is 4.79 Å². The molecule has 1 saturated heterocycles. The minimum atomic E-state index is 0.0177. The fourth-order valence-corrected chi connectivity index (χ4v) is 7.39. The molecule has 0 spiro atoms. The van der Waals surface area contributed by atoms with Gasteiger partial charge in [0.1, 0.15) is 0 Å². The summed E-state index contributed by atoms with van der Waals surface area (Å²) in [6, 6.07) is 0. The van der Waals surface area contributed by atoms with E-state index in [1.807, 2.05) is 0 Å². The van der Waals surface area contributed by atoms with E-state index in [-0.39, 0.29) is 5.97 Å². The Morgan fingerprint density at radius 2 is 1.02 bits per heavy atom. The fraction of sp³-hybridized carbons (Fsp3) is 0.930. The molecule has 1 aliphatic heterocycles. The molecule has 0 aromatic rings. The Bertz CT molecular complexity index is 691. The summed E-state index contributed by atoms with van der Waals surface area (Å²) in [6.07, 6.45) is 36.8. The zero-order chi connectivity index (χ0) is 34.2. The number of ether oxygens (including phenoxy) is 2. The molecule has 1 unspecified atom stereocenters. The fourth-order valence-electron chi connectivity index (χ4n) is 7.39. The quantitative estimate of drug-likeness (QED) is 0.0391. The van der Waals surface area contributed by atoms with Crippen LogP contribution >= 0.6 is 0 Å². The summed E-state index contributed by atoms with van der Waals surface area (Å²) in [5, 5.41) is 0. The molecule has 4 nitrogen and oxygen atoms in total. The first kappa shape index (κ1) is 44.0. The smallest absolute Gasteiger partial charge is 0.305 e. The van der Waals surface area contributed by atoms with Crippen molar-refractivity contribution in [3.05, 3.63) is 12.3 Å². The molecule has 1 fully saturated rings. The summed E-state index contributed by atoms with van der Waals surface area (Å²) < 4.78 is 12.0. The number of esters is 1. The number of piperidine rings is 1. The molecule has 0 saturated carbocycles. The second-order valence-corrected chi connectivity index (χ2v) is 15.4. The van der Waals surface area contributed by atoms with Crippen molar-refractivity contribution >= 4 is 5.97 Å². The van der Waals surface area contributed by atoms with Crippen LogP contribution in [-0.2, 0) is 14.3 Å². The monoisotopic (exact) mass is 662 g/mol. The lowest BCUT2D eigenvalue weighted by Gasteiger charge is -2.30. The number of carbonyl (C=O) groups excluding carboxylic acids is 1. The minimum Gasteiger partial charge on any atom is -0.498 e. The van der Waals surface area contributed by atoms with Gasteiger partial charge in [0.15, 0.2) is 0 Å². The van der Waals surface area contributed by atoms with Crippen molar-refractivity contribution in [3.63, 3.8) is 0 Å². The average Bonchev–Trinajstić information content (AvgIpc) is 3.07. The van der Waals surface area contributed by atoms with E-state index in [1.165, 1.54) is 161 Å². The summed E-state index contributed by atoms with van der Waals surface area (Å²) in [7, 11) is 2.22. The van der Waals surface area contributed by atoms with E-state index in [4.69, 9.17) is 9.47 Å². The molecule has 0 aromatic heterocycles. The second kappa shape index (κ2) is 32.2. The van der Waals surface area contributed by atoms with Crippen molar-refractivity contribution in [2.24, 2.45) is 17.8 Å². The molecule has 0 aliphatic carbocycles. The third kappa shape index (κ3) is 26.5. The number of rotatable bonds is 34. The van der Waals surface area contributed by atoms with E-state index >= 15 is 0 Å². The molecule has 0 amide bonds. The van der Waals surface area contributed by atoms with E-state index in [1.54, 1.807) is 0 Å². The first-order valence-electron chi connectivity index (χ1n) is 21.2. The van der Waals surface area contributed by atoms with Crippen LogP contribution in [0.25, 0.3) is 0 Å². The number of carbonyl (C=O) groups is 1. The van der Waals surface area contributed by atoms with Crippen molar-refractivity contribution < 1.29 is 14.3 Å². The average molecular weight is 662 g/mol. The Morgan fingerprint density at radius 1 is 0.596 bits per heavy atom. The van der Waals surface area contributed by atoms with Gasteiger partial charge in [-0.1, -0.05) is 162 Å². The SMILES string of the molecule is C=C(OCC(CCCCCCCCCC)CCCCCCCCC(=O)OCCCC(CCCCC)CCCCC)C1CCN(C)CC1. The van der Waals surface area contributed by atoms with Gasteiger partial charge in [0, 0.05) is 12.3 Å². The standard InChI is InChI=1S/C43H83NO3/c1-6-9-12-13-14-15-18-23-29-41(38-47-39(4)42-33-35-44(5)36-34-42)30-24-19-16-17-20-25-32-43(45)46-37-26-31-40(27-21-10-7-2)28-22-11-8-3/h40-42H,4,6-38H2,1-3,5H3. The van der Waals surface area contributed by atoms with Gasteiger partial charge in [0.2, 0.25) is 0 Å². The Hall–Kier alpha value is -1.03. The van der Waals surface area contributed by atoms with Crippen LogP contribution in [0.5, 0.6) is 0 Å². The highest BCUT2D eigenvalue weighted by atomic mass is 16.5. The Balaban J connectivity index is 2.19. The Morgan fingerprint density at radius 3 is 1.57 bits per heavy atom. The van der Waals surface area contributed by atoms with Gasteiger partial charge in [-0.25, -0.2) is 0 Å². The van der Waals surface area contributed by atoms with E-state index in [9.17, 15) is 4.79 Å². The molecule has 1 rings (SSSR count). The molecule has 278 valence electrons. The third-order valence-corrected chi connectivity index (χ3v) is 10.8. The predicted molar refractivity (Wildman–Crippen MR) is 205 cm³/mol. The van der Waals surface area contributed by atoms with Crippen molar-refractivity contribution in [1.29, 1.82) is 0 Å². The van der Waals surface area contributed by atoms with Crippen molar-refractivity contribution in [1.82, 2.24) is 4.90 Å². The van der Waals surface area contributed by atoms with Crippen LogP contribution in [0.1, 0.15) is 207 Å². The maximum absolute atomic E-state index is 12.3. The zero-order valence-electron chi connectivity index (χ0n) is 32.4. The van der Waals surface area contributed by atoms with Gasteiger partial charge in [0.05, 0.1) is 19.0 Å². The van der Waals surface area contributed by atoms with Crippen LogP contribution in [0.3, 0.4) is 0 Å². The molecule has 0 aromatic carbocycles. The predicted octanol–water partition coefficient (Wildman–Crippen LogP) is 13.2. The summed E-state index contributed by atoms with van der Waals surface area (Å²) in [5.41, 5.74) is 0. The molecule has 0 radical (unpaired) electrons. The van der Waals surface area contributed by atoms with Crippen molar-refractivity contribution in [2.75, 3.05) is 33.4 Å². The Labute approximate surface area is 295 Å². The molecule has 1 atom stereocenters. The maximum atomic E-state index is 12.3. The maximum Gasteiger partial charge on any atom is 0.305 e. The van der Waals surface area contributed by atoms with Crippen LogP contribution in [0.2, 0.25) is 0 Å². The van der Waals surface area contributed by atoms with Gasteiger partial charge < -0.3 is 14.4 Å². The van der Waals surface area contributed by atoms with E-state index in [2.05, 4.69) is 39.3 Å². The molecule has 4 heteroatoms. The van der Waals surface area contributed by atoms with Crippen LogP contribution in [0, 0.1) is 17.8 Å². The number of likely N-dealkylation sites (tertiary alicyclic amines) is 1. The number of hydrogen-bond acceptors (Lipinski definition) is 4. The highest BCUT2D eigenvalue weighted by molar-refractivity contribution is 5.69. The first-order valence-corrected chi connectivity index (χ1v) is 21.2. The molecule has 0 bridgehead atoms. The van der Waals surface area contributed by atoms with E-state index in [0.29, 0.717) is 24.9 Å². The summed E-state index contributed by atoms with van der Waals surface area (Å²) in [4.78, 5) is 14.7. The summed E-state index contributed by atoms with van der Waals surface area (Å²) in [5.74, 6) is 3.09. The van der Waals surface area contributed by atoms with E-state index < -0.39 is 0 Å². The Kier molecular flexibility index (Phi) is 30.1. The largest absolute Gasteiger partial charge is 0.498 e. The lowest BCUT2D eigenvalue weighted by molar-refractivity contribution is -0.144. The van der Waals surface area contributed by atoms with Gasteiger partial charge in [-0.15, -0.1) is 0 Å². The van der Waals surface area contributed by atoms with Gasteiger partial charge in [0.25, 0.3) is 0 Å². The molecule has 0 N–H and O–H groups in total. The molecule has 1 heterocycles. The zero-order valence-corrected chi connectivity index (χ0v) is 32.4. The second-order valence-electron chi connectivity index (χ2n) is 15.4. The van der Waals surface area contributed by atoms with Crippen LogP contribution in [0.15, 0.2) is 12.3 Å². The van der Waals surface area contributed by atoms with Gasteiger partial charge >= 0.3 is 5.97 Å². The summed E-state index contributed by atoms with van der Waals surface area (Å²) in [6.45, 7) is 15.0. The van der Waals surface area contributed by atoms with Crippen molar-refractivity contribution in [3.8, 4) is 0 Å². The number of nitrogens with zero attached hydrogens (tertiary/aromatic N) is 1. The number of allylic oxidation sites excluding steroid dienone is 1. The molecule has 47 heavy (non-hydrogen) atoms. The summed E-state index contributed by atoms with van der Waals surface area (Å²) >= 11 is 0.